The van der Waals surface area contributed by atoms with Gasteiger partial charge in [-0.25, -0.2) is 0 Å². The van der Waals surface area contributed by atoms with Crippen molar-refractivity contribution in [1.82, 2.24) is 0 Å². The Bertz CT molecular complexity index is 1580. The molecular formula is C18H15Cl2N2O6S6+. The molecule has 8 nitrogen and oxygen atoms in total. The van der Waals surface area contributed by atoms with E-state index in [2.05, 4.69) is 0 Å². The number of hydrogen-bond acceptors (Lipinski definition) is 9. The van der Waals surface area contributed by atoms with Crippen molar-refractivity contribution in [3.8, 4) is 0 Å². The normalized spacial score (nSPS) is 16.4. The number of thiophene rings is 2. The summed E-state index contributed by atoms with van der Waals surface area (Å²) in [6.45, 7) is 1.82. The van der Waals surface area contributed by atoms with E-state index in [1.54, 1.807) is 35.1 Å². The van der Waals surface area contributed by atoms with Gasteiger partial charge in [-0.05, 0) is 13.0 Å². The van der Waals surface area contributed by atoms with E-state index in [-0.39, 0.29) is 0 Å². The minimum Gasteiger partial charge on any atom is -0.315 e. The molecule has 3 aromatic rings. The lowest BCUT2D eigenvalue weighted by atomic mass is 10.2. The molecule has 1 aliphatic rings. The van der Waals surface area contributed by atoms with Gasteiger partial charge < -0.3 is 4.90 Å². The largest absolute Gasteiger partial charge is 0.326 e. The Kier molecular flexibility index (Phi) is 7.56. The van der Waals surface area contributed by atoms with E-state index in [4.69, 9.17) is 23.2 Å². The van der Waals surface area contributed by atoms with Gasteiger partial charge in [0.05, 0.1) is 19.9 Å². The van der Waals surface area contributed by atoms with Gasteiger partial charge in [-0.3, -0.25) is 9.11 Å². The van der Waals surface area contributed by atoms with Crippen LogP contribution < -0.4 is 9.47 Å². The van der Waals surface area contributed by atoms with Crippen molar-refractivity contribution in [3.63, 3.8) is 0 Å². The van der Waals surface area contributed by atoms with Crippen LogP contribution in [0.25, 0.3) is 15.6 Å². The number of hydrogen-bond donors (Lipinski definition) is 2. The van der Waals surface area contributed by atoms with Crippen LogP contribution in [0.4, 0.5) is 5.69 Å². The van der Waals surface area contributed by atoms with Gasteiger partial charge >= 0.3 is 10.1 Å². The molecule has 4 heterocycles. The second-order valence-electron chi connectivity index (χ2n) is 7.01. The molecule has 0 unspecified atom stereocenters. The number of halogens is 2. The molecule has 0 amide bonds. The van der Waals surface area contributed by atoms with Crippen molar-refractivity contribution >= 4 is 111 Å². The van der Waals surface area contributed by atoms with Gasteiger partial charge in [-0.1, -0.05) is 64.0 Å². The molecule has 0 spiro atoms. The van der Waals surface area contributed by atoms with Gasteiger partial charge in [0.25, 0.3) is 26.5 Å². The molecule has 0 fully saturated rings. The average Bonchev–Trinajstić information content (AvgIpc) is 3.42. The van der Waals surface area contributed by atoms with Crippen LogP contribution in [0.15, 0.2) is 43.8 Å². The minimum absolute atomic E-state index is 0.403. The predicted molar refractivity (Wildman–Crippen MR) is 141 cm³/mol. The van der Waals surface area contributed by atoms with E-state index in [9.17, 15) is 25.9 Å². The highest BCUT2D eigenvalue weighted by Gasteiger charge is 2.32. The summed E-state index contributed by atoms with van der Waals surface area (Å²) < 4.78 is 67.9. The average molecular weight is 619 g/mol. The van der Waals surface area contributed by atoms with E-state index in [1.165, 1.54) is 55.2 Å². The number of thioether (sulfide) groups is 1. The standard InChI is InChI=1S/C18H14Cl2N2O6S6/c1-10(2-4-13-21(8-33(23,24)25)15-11(19)6-29-17(15)31-13)3-5-14-22(9-34(26,27)28)16-12(20)7-30-18(16)32-14/h2-7H,8-9H2,1H3,(H-,23,24,25,26,27,28)/p+1. The Morgan fingerprint density at radius 1 is 1.12 bits per heavy atom. The Labute approximate surface area is 221 Å². The van der Waals surface area contributed by atoms with Gasteiger partial charge in [-0.15, -0.1) is 22.7 Å². The Hall–Kier alpha value is -0.940. The number of anilines is 1. The fourth-order valence-corrected chi connectivity index (χ4v) is 9.61. The molecule has 3 aromatic heterocycles. The van der Waals surface area contributed by atoms with Crippen molar-refractivity contribution in [2.24, 2.45) is 0 Å². The van der Waals surface area contributed by atoms with E-state index >= 15 is 0 Å². The first-order valence-electron chi connectivity index (χ1n) is 9.11. The zero-order valence-corrected chi connectivity index (χ0v) is 23.4. The minimum atomic E-state index is -4.29. The van der Waals surface area contributed by atoms with Crippen LogP contribution in [0.5, 0.6) is 0 Å². The van der Waals surface area contributed by atoms with E-state index in [1.807, 2.05) is 6.92 Å². The number of rotatable bonds is 7. The third kappa shape index (κ3) is 5.88. The summed E-state index contributed by atoms with van der Waals surface area (Å²) in [6.07, 6.45) is 6.95. The van der Waals surface area contributed by atoms with Crippen molar-refractivity contribution < 1.29 is 30.5 Å². The fraction of sp³-hybridized carbons (Fsp3) is 0.167. The van der Waals surface area contributed by atoms with Crippen molar-refractivity contribution in [2.75, 3.05) is 10.8 Å². The summed E-state index contributed by atoms with van der Waals surface area (Å²) in [5, 5.41) is 5.38. The summed E-state index contributed by atoms with van der Waals surface area (Å²) in [5.74, 6) is -1.25. The molecule has 1 aliphatic heterocycles. The van der Waals surface area contributed by atoms with E-state index in [0.717, 1.165) is 13.8 Å². The molecule has 0 bridgehead atoms. The predicted octanol–water partition coefficient (Wildman–Crippen LogP) is 5.72. The SMILES string of the molecule is CC(C=Cc1sc2scc(Cl)c2[n+]1CS(=O)(=O)O)=CC=C1Sc2scc(Cl)c2N1CS(=O)(=O)O. The van der Waals surface area contributed by atoms with Crippen LogP contribution >= 0.6 is 69.0 Å². The fourth-order valence-electron chi connectivity index (χ4n) is 3.06. The smallest absolute Gasteiger partial charge is 0.315 e. The highest BCUT2D eigenvalue weighted by molar-refractivity contribution is 8.05. The molecule has 0 atom stereocenters. The quantitative estimate of drug-likeness (QED) is 0.196. The second kappa shape index (κ2) is 9.84. The summed E-state index contributed by atoms with van der Waals surface area (Å²) in [6, 6.07) is 0. The van der Waals surface area contributed by atoms with Crippen LogP contribution in [-0.4, -0.2) is 31.8 Å². The van der Waals surface area contributed by atoms with Crippen LogP contribution in [0.3, 0.4) is 0 Å². The maximum absolute atomic E-state index is 11.5. The number of fused-ring (bicyclic) bond motifs is 2. The summed E-state index contributed by atoms with van der Waals surface area (Å²) in [4.78, 5) is 1.44. The van der Waals surface area contributed by atoms with Gasteiger partial charge in [0.15, 0.2) is 9.89 Å². The third-order valence-electron chi connectivity index (χ3n) is 4.41. The molecule has 2 N–H and O–H groups in total. The molecule has 0 aromatic carbocycles. The van der Waals surface area contributed by atoms with Crippen LogP contribution in [0, 0.1) is 0 Å². The highest BCUT2D eigenvalue weighted by atomic mass is 35.5. The van der Waals surface area contributed by atoms with Crippen LogP contribution in [0.2, 0.25) is 10.0 Å². The highest BCUT2D eigenvalue weighted by Crippen LogP contribution is 2.53. The van der Waals surface area contributed by atoms with E-state index < -0.39 is 32.0 Å². The molecule has 0 saturated carbocycles. The lowest BCUT2D eigenvalue weighted by Gasteiger charge is -2.18. The molecule has 0 radical (unpaired) electrons. The van der Waals surface area contributed by atoms with Crippen molar-refractivity contribution in [1.29, 1.82) is 0 Å². The number of nitrogens with zero attached hydrogens (tertiary/aromatic N) is 2. The number of thiazole rings is 1. The van der Waals surface area contributed by atoms with Gasteiger partial charge in [0.2, 0.25) is 0 Å². The molecule has 16 heteroatoms. The van der Waals surface area contributed by atoms with Crippen molar-refractivity contribution in [3.05, 3.63) is 54.6 Å². The molecule has 34 heavy (non-hydrogen) atoms. The monoisotopic (exact) mass is 617 g/mol. The lowest BCUT2D eigenvalue weighted by molar-refractivity contribution is -0.648. The van der Waals surface area contributed by atoms with Gasteiger partial charge in [0, 0.05) is 16.8 Å². The maximum Gasteiger partial charge on any atom is 0.326 e. The Morgan fingerprint density at radius 2 is 1.82 bits per heavy atom. The summed E-state index contributed by atoms with van der Waals surface area (Å²) >= 11 is 17.9. The maximum atomic E-state index is 11.5. The molecule has 182 valence electrons. The summed E-state index contributed by atoms with van der Waals surface area (Å²) in [5.41, 5.74) is 1.87. The van der Waals surface area contributed by atoms with Crippen LogP contribution in [0.1, 0.15) is 11.9 Å². The molecule has 0 saturated heterocycles. The first-order valence-corrected chi connectivity index (χ1v) is 16.5. The molecule has 0 aliphatic carbocycles. The zero-order valence-electron chi connectivity index (χ0n) is 17.0. The van der Waals surface area contributed by atoms with Gasteiger partial charge in [-0.2, -0.15) is 21.4 Å². The third-order valence-corrected chi connectivity index (χ3v) is 10.9. The number of aromatic nitrogens is 1. The summed E-state index contributed by atoms with van der Waals surface area (Å²) in [7, 11) is -8.58. The van der Waals surface area contributed by atoms with Crippen molar-refractivity contribution in [2.45, 2.75) is 17.0 Å². The Balaban J connectivity index is 1.63. The van der Waals surface area contributed by atoms with Crippen LogP contribution in [-0.2, 0) is 26.1 Å². The van der Waals surface area contributed by atoms with E-state index in [0.29, 0.717) is 31.3 Å². The topological polar surface area (TPSA) is 116 Å². The second-order valence-corrected chi connectivity index (χ2v) is 15.0. The number of allylic oxidation sites excluding steroid dienone is 4. The zero-order chi connectivity index (χ0) is 24.8. The van der Waals surface area contributed by atoms with Gasteiger partial charge in [0.1, 0.15) is 5.02 Å². The first kappa shape index (κ1) is 26.1. The Morgan fingerprint density at radius 3 is 2.50 bits per heavy atom. The lowest BCUT2D eigenvalue weighted by Crippen LogP contribution is -2.38. The molecule has 4 rings (SSSR count). The molecular weight excluding hydrogens is 604 g/mol. The first-order chi connectivity index (χ1) is 15.8.